The molecule has 0 fully saturated rings. The molecule has 92 valence electrons. The molecule has 0 rings (SSSR count). The summed E-state index contributed by atoms with van der Waals surface area (Å²) in [4.78, 5) is 0. The van der Waals surface area contributed by atoms with Gasteiger partial charge in [-0.2, -0.15) is 0 Å². The van der Waals surface area contributed by atoms with Crippen molar-refractivity contribution >= 4 is 0 Å². The Kier molecular flexibility index (Phi) is 10.4. The van der Waals surface area contributed by atoms with Crippen molar-refractivity contribution in [1.82, 2.24) is 0 Å². The highest BCUT2D eigenvalue weighted by atomic mass is 14.6. The van der Waals surface area contributed by atoms with Crippen LogP contribution in [0.3, 0.4) is 0 Å². The van der Waals surface area contributed by atoms with Crippen molar-refractivity contribution in [2.24, 2.45) is 17.6 Å². The second kappa shape index (κ2) is 10.5. The van der Waals surface area contributed by atoms with Crippen molar-refractivity contribution < 1.29 is 0 Å². The fraction of sp³-hybridized carbons (Fsp3) is 1.00. The molecule has 2 atom stereocenters. The minimum Gasteiger partial charge on any atom is -0.330 e. The highest BCUT2D eigenvalue weighted by Gasteiger charge is 2.14. The maximum atomic E-state index is 5.84. The average molecular weight is 213 g/mol. The van der Waals surface area contributed by atoms with Crippen molar-refractivity contribution in [1.29, 1.82) is 0 Å². The number of nitrogens with two attached hydrogens (primary N) is 1. The summed E-state index contributed by atoms with van der Waals surface area (Å²) in [7, 11) is 0. The van der Waals surface area contributed by atoms with Crippen LogP contribution in [0.15, 0.2) is 0 Å². The molecule has 0 aromatic carbocycles. The minimum absolute atomic E-state index is 0.770. The molecule has 0 aromatic heterocycles. The van der Waals surface area contributed by atoms with E-state index in [1.807, 2.05) is 0 Å². The molecule has 1 nitrogen and oxygen atoms in total. The average Bonchev–Trinajstić information content (AvgIpc) is 2.25. The van der Waals surface area contributed by atoms with Crippen molar-refractivity contribution in [3.8, 4) is 0 Å². The Morgan fingerprint density at radius 3 is 2.07 bits per heavy atom. The van der Waals surface area contributed by atoms with E-state index in [0.29, 0.717) is 0 Å². The van der Waals surface area contributed by atoms with Gasteiger partial charge in [0.15, 0.2) is 0 Å². The Balaban J connectivity index is 3.58. The maximum absolute atomic E-state index is 5.84. The van der Waals surface area contributed by atoms with Gasteiger partial charge in [-0.15, -0.1) is 0 Å². The van der Waals surface area contributed by atoms with Gasteiger partial charge in [-0.25, -0.2) is 0 Å². The van der Waals surface area contributed by atoms with Gasteiger partial charge >= 0.3 is 0 Å². The van der Waals surface area contributed by atoms with Crippen LogP contribution in [0, 0.1) is 11.8 Å². The van der Waals surface area contributed by atoms with E-state index in [2.05, 4.69) is 20.8 Å². The molecule has 0 saturated carbocycles. The van der Waals surface area contributed by atoms with Gasteiger partial charge in [0.2, 0.25) is 0 Å². The van der Waals surface area contributed by atoms with Crippen LogP contribution in [0.4, 0.5) is 0 Å². The number of rotatable bonds is 10. The zero-order chi connectivity index (χ0) is 11.5. The summed E-state index contributed by atoms with van der Waals surface area (Å²) in [5, 5.41) is 0. The van der Waals surface area contributed by atoms with E-state index < -0.39 is 0 Å². The Labute approximate surface area is 96.8 Å². The lowest BCUT2D eigenvalue weighted by molar-refractivity contribution is 0.309. The first kappa shape index (κ1) is 15.0. The summed E-state index contributed by atoms with van der Waals surface area (Å²) in [5.74, 6) is 1.60. The molecule has 0 saturated heterocycles. The summed E-state index contributed by atoms with van der Waals surface area (Å²) in [6.45, 7) is 7.81. The Bertz CT molecular complexity index is 123. The molecule has 0 bridgehead atoms. The van der Waals surface area contributed by atoms with Crippen LogP contribution in [0.2, 0.25) is 0 Å². The zero-order valence-electron chi connectivity index (χ0n) is 11.1. The third-order valence-corrected chi connectivity index (χ3v) is 3.55. The molecule has 1 heteroatoms. The van der Waals surface area contributed by atoms with Crippen LogP contribution >= 0.6 is 0 Å². The predicted octanol–water partition coefficient (Wildman–Crippen LogP) is 4.36. The predicted molar refractivity (Wildman–Crippen MR) is 70.0 cm³/mol. The van der Waals surface area contributed by atoms with Gasteiger partial charge in [0.05, 0.1) is 0 Å². The Morgan fingerprint density at radius 2 is 1.53 bits per heavy atom. The molecule has 0 amide bonds. The third kappa shape index (κ3) is 7.84. The maximum Gasteiger partial charge on any atom is -0.00463 e. The van der Waals surface area contributed by atoms with E-state index in [1.165, 1.54) is 51.4 Å². The Hall–Kier alpha value is -0.0400. The lowest BCUT2D eigenvalue weighted by Gasteiger charge is -2.22. The van der Waals surface area contributed by atoms with Crippen LogP contribution in [-0.4, -0.2) is 6.54 Å². The minimum atomic E-state index is 0.770. The van der Waals surface area contributed by atoms with E-state index >= 15 is 0 Å². The molecular weight excluding hydrogens is 182 g/mol. The van der Waals surface area contributed by atoms with Gasteiger partial charge in [-0.3, -0.25) is 0 Å². The molecule has 0 spiro atoms. The molecule has 0 heterocycles. The van der Waals surface area contributed by atoms with Crippen molar-refractivity contribution in [2.75, 3.05) is 6.54 Å². The molecule has 0 aromatic rings. The fourth-order valence-electron chi connectivity index (χ4n) is 2.23. The van der Waals surface area contributed by atoms with Crippen molar-refractivity contribution in [3.63, 3.8) is 0 Å². The summed E-state index contributed by atoms with van der Waals surface area (Å²) in [6, 6.07) is 0. The van der Waals surface area contributed by atoms with Gasteiger partial charge in [-0.05, 0) is 24.8 Å². The van der Waals surface area contributed by atoms with Crippen molar-refractivity contribution in [3.05, 3.63) is 0 Å². The topological polar surface area (TPSA) is 26.0 Å². The second-order valence-corrected chi connectivity index (χ2v) is 4.96. The van der Waals surface area contributed by atoms with Gasteiger partial charge in [0.25, 0.3) is 0 Å². The van der Waals surface area contributed by atoms with Crippen LogP contribution in [-0.2, 0) is 0 Å². The molecule has 0 aliphatic heterocycles. The number of unbranched alkanes of at least 4 members (excludes halogenated alkanes) is 4. The SMILES string of the molecule is CCCCCCC(C)C(CN)CCCC. The first-order chi connectivity index (χ1) is 7.26. The highest BCUT2D eigenvalue weighted by Crippen LogP contribution is 2.22. The molecule has 0 radical (unpaired) electrons. The summed E-state index contributed by atoms with van der Waals surface area (Å²) >= 11 is 0. The quantitative estimate of drug-likeness (QED) is 0.536. The van der Waals surface area contributed by atoms with Gasteiger partial charge in [-0.1, -0.05) is 65.7 Å². The summed E-state index contributed by atoms with van der Waals surface area (Å²) in [5.41, 5.74) is 5.84. The molecule has 2 N–H and O–H groups in total. The fourth-order valence-corrected chi connectivity index (χ4v) is 2.23. The summed E-state index contributed by atoms with van der Waals surface area (Å²) < 4.78 is 0. The smallest absolute Gasteiger partial charge is 0.00463 e. The standard InChI is InChI=1S/C14H31N/c1-4-6-8-9-10-13(3)14(12-15)11-7-5-2/h13-14H,4-12,15H2,1-3H3. The normalized spacial score (nSPS) is 15.2. The van der Waals surface area contributed by atoms with E-state index in [1.54, 1.807) is 0 Å². The number of hydrogen-bond acceptors (Lipinski definition) is 1. The molecule has 0 aliphatic carbocycles. The van der Waals surface area contributed by atoms with E-state index in [0.717, 1.165) is 18.4 Å². The largest absolute Gasteiger partial charge is 0.330 e. The van der Waals surface area contributed by atoms with Gasteiger partial charge < -0.3 is 5.73 Å². The Morgan fingerprint density at radius 1 is 0.867 bits per heavy atom. The summed E-state index contributed by atoms with van der Waals surface area (Å²) in [6.07, 6.45) is 10.9. The van der Waals surface area contributed by atoms with Crippen LogP contribution in [0.5, 0.6) is 0 Å². The lowest BCUT2D eigenvalue weighted by Crippen LogP contribution is -2.21. The van der Waals surface area contributed by atoms with E-state index in [4.69, 9.17) is 5.73 Å². The van der Waals surface area contributed by atoms with Gasteiger partial charge in [0.1, 0.15) is 0 Å². The molecule has 15 heavy (non-hydrogen) atoms. The van der Waals surface area contributed by atoms with Crippen molar-refractivity contribution in [2.45, 2.75) is 72.1 Å². The molecule has 0 aliphatic rings. The van der Waals surface area contributed by atoms with E-state index in [9.17, 15) is 0 Å². The zero-order valence-corrected chi connectivity index (χ0v) is 11.1. The number of hydrogen-bond donors (Lipinski definition) is 1. The molecule has 2 unspecified atom stereocenters. The molecular formula is C14H31N. The first-order valence-corrected chi connectivity index (χ1v) is 6.96. The second-order valence-electron chi connectivity index (χ2n) is 4.96. The van der Waals surface area contributed by atoms with Gasteiger partial charge in [0, 0.05) is 0 Å². The highest BCUT2D eigenvalue weighted by molar-refractivity contribution is 4.67. The third-order valence-electron chi connectivity index (χ3n) is 3.55. The monoisotopic (exact) mass is 213 g/mol. The van der Waals surface area contributed by atoms with E-state index in [-0.39, 0.29) is 0 Å². The first-order valence-electron chi connectivity index (χ1n) is 6.96. The lowest BCUT2D eigenvalue weighted by atomic mass is 9.85. The van der Waals surface area contributed by atoms with Crippen LogP contribution in [0.25, 0.3) is 0 Å². The van der Waals surface area contributed by atoms with Crippen LogP contribution < -0.4 is 5.73 Å². The van der Waals surface area contributed by atoms with Crippen LogP contribution in [0.1, 0.15) is 72.1 Å².